The number of nitrogens with zero attached hydrogens (tertiary/aromatic N) is 1. The summed E-state index contributed by atoms with van der Waals surface area (Å²) in [6.45, 7) is 4.03. The Morgan fingerprint density at radius 1 is 1.42 bits per heavy atom. The summed E-state index contributed by atoms with van der Waals surface area (Å²) in [5.74, 6) is 0.799. The Balaban J connectivity index is 1.84. The first-order valence-electron chi connectivity index (χ1n) is 6.88. The van der Waals surface area contributed by atoms with Crippen LogP contribution in [0.5, 0.6) is 0 Å². The van der Waals surface area contributed by atoms with E-state index in [-0.39, 0.29) is 0 Å². The van der Waals surface area contributed by atoms with Gasteiger partial charge in [-0.15, -0.1) is 11.3 Å². The molecular formula is C15H20N2OS. The number of piperidine rings is 1. The fraction of sp³-hybridized carbons (Fsp3) is 0.533. The van der Waals surface area contributed by atoms with E-state index in [2.05, 4.69) is 35.4 Å². The second kappa shape index (κ2) is 5.57. The maximum absolute atomic E-state index is 5.15. The number of aromatic nitrogens is 1. The molecule has 0 bridgehead atoms. The van der Waals surface area contributed by atoms with Gasteiger partial charge in [0.05, 0.1) is 16.8 Å². The summed E-state index contributed by atoms with van der Waals surface area (Å²) in [5, 5.41) is 4.69. The number of thiazole rings is 1. The zero-order valence-corrected chi connectivity index (χ0v) is 12.3. The Labute approximate surface area is 118 Å². The average Bonchev–Trinajstić information content (AvgIpc) is 2.81. The van der Waals surface area contributed by atoms with Gasteiger partial charge >= 0.3 is 0 Å². The van der Waals surface area contributed by atoms with Crippen LogP contribution in [0.15, 0.2) is 18.2 Å². The van der Waals surface area contributed by atoms with E-state index in [0.29, 0.717) is 12.6 Å². The number of hydrogen-bond donors (Lipinski definition) is 1. The molecule has 1 aromatic heterocycles. The third kappa shape index (κ3) is 2.81. The molecule has 1 saturated heterocycles. The molecular weight excluding hydrogens is 256 g/mol. The van der Waals surface area contributed by atoms with Gasteiger partial charge in [-0.05, 0) is 43.0 Å². The summed E-state index contributed by atoms with van der Waals surface area (Å²) < 4.78 is 6.40. The number of methoxy groups -OCH3 is 1. The third-order valence-electron chi connectivity index (χ3n) is 3.79. The van der Waals surface area contributed by atoms with Gasteiger partial charge in [0.25, 0.3) is 0 Å². The van der Waals surface area contributed by atoms with E-state index >= 15 is 0 Å². The molecule has 0 amide bonds. The maximum atomic E-state index is 5.15. The van der Waals surface area contributed by atoms with Crippen molar-refractivity contribution in [2.75, 3.05) is 13.7 Å². The second-order valence-corrected chi connectivity index (χ2v) is 6.53. The molecule has 1 fully saturated rings. The van der Waals surface area contributed by atoms with Crippen LogP contribution in [0.3, 0.4) is 0 Å². The van der Waals surface area contributed by atoms with Crippen LogP contribution in [-0.2, 0) is 11.3 Å². The number of fused-ring (bicyclic) bond motifs is 1. The van der Waals surface area contributed by atoms with Crippen molar-refractivity contribution in [2.24, 2.45) is 5.92 Å². The fourth-order valence-corrected chi connectivity index (χ4v) is 3.60. The highest BCUT2D eigenvalue weighted by atomic mass is 32.1. The van der Waals surface area contributed by atoms with Crippen LogP contribution in [0.1, 0.15) is 36.4 Å². The monoisotopic (exact) mass is 276 g/mol. The lowest BCUT2D eigenvalue weighted by molar-refractivity contribution is 0.184. The molecule has 102 valence electrons. The number of benzene rings is 1. The second-order valence-electron chi connectivity index (χ2n) is 5.41. The quantitative estimate of drug-likeness (QED) is 0.931. The van der Waals surface area contributed by atoms with Gasteiger partial charge in [0.1, 0.15) is 5.01 Å². The van der Waals surface area contributed by atoms with Crippen molar-refractivity contribution in [2.45, 2.75) is 32.4 Å². The van der Waals surface area contributed by atoms with Crippen molar-refractivity contribution >= 4 is 21.6 Å². The molecule has 4 heteroatoms. The summed E-state index contributed by atoms with van der Waals surface area (Å²) in [6, 6.07) is 7.16. The smallest absolute Gasteiger partial charge is 0.120 e. The highest BCUT2D eigenvalue weighted by Gasteiger charge is 2.19. The van der Waals surface area contributed by atoms with Gasteiger partial charge in [0.15, 0.2) is 0 Å². The Hall–Kier alpha value is -0.970. The molecule has 3 nitrogen and oxygen atoms in total. The SMILES string of the molecule is COCc1nc2cc([C@H]3CC[C@H](C)CN3)ccc2s1. The van der Waals surface area contributed by atoms with Crippen LogP contribution in [0, 0.1) is 5.92 Å². The molecule has 0 spiro atoms. The fourth-order valence-electron chi connectivity index (χ4n) is 2.68. The van der Waals surface area contributed by atoms with E-state index in [1.165, 1.54) is 23.1 Å². The van der Waals surface area contributed by atoms with E-state index in [1.807, 2.05) is 0 Å². The lowest BCUT2D eigenvalue weighted by Gasteiger charge is -2.28. The molecule has 2 heterocycles. The van der Waals surface area contributed by atoms with Gasteiger partial charge in [-0.1, -0.05) is 13.0 Å². The minimum atomic E-state index is 0.494. The third-order valence-corrected chi connectivity index (χ3v) is 4.80. The summed E-state index contributed by atoms with van der Waals surface area (Å²) in [4.78, 5) is 4.64. The van der Waals surface area contributed by atoms with Crippen LogP contribution >= 0.6 is 11.3 Å². The van der Waals surface area contributed by atoms with Crippen molar-refractivity contribution < 1.29 is 4.74 Å². The Morgan fingerprint density at radius 3 is 3.05 bits per heavy atom. The van der Waals surface area contributed by atoms with Gasteiger partial charge in [-0.3, -0.25) is 0 Å². The van der Waals surface area contributed by atoms with Crippen LogP contribution in [0.2, 0.25) is 0 Å². The molecule has 19 heavy (non-hydrogen) atoms. The number of nitrogens with one attached hydrogen (secondary N) is 1. The van der Waals surface area contributed by atoms with E-state index < -0.39 is 0 Å². The first-order valence-corrected chi connectivity index (χ1v) is 7.69. The molecule has 0 unspecified atom stereocenters. The van der Waals surface area contributed by atoms with Crippen LogP contribution < -0.4 is 5.32 Å². The van der Waals surface area contributed by atoms with Crippen LogP contribution in [0.25, 0.3) is 10.2 Å². The van der Waals surface area contributed by atoms with Gasteiger partial charge in [-0.25, -0.2) is 4.98 Å². The summed E-state index contributed by atoms with van der Waals surface area (Å²) in [5.41, 5.74) is 2.48. The van der Waals surface area contributed by atoms with Crippen molar-refractivity contribution in [1.82, 2.24) is 10.3 Å². The minimum absolute atomic E-state index is 0.494. The topological polar surface area (TPSA) is 34.1 Å². The van der Waals surface area contributed by atoms with Gasteiger partial charge in [-0.2, -0.15) is 0 Å². The summed E-state index contributed by atoms with van der Waals surface area (Å²) in [6.07, 6.45) is 2.53. The maximum Gasteiger partial charge on any atom is 0.120 e. The molecule has 0 radical (unpaired) electrons. The van der Waals surface area contributed by atoms with Gasteiger partial charge in [0.2, 0.25) is 0 Å². The molecule has 2 aromatic rings. The number of hydrogen-bond acceptors (Lipinski definition) is 4. The lowest BCUT2D eigenvalue weighted by Crippen LogP contribution is -2.31. The predicted octanol–water partition coefficient (Wildman–Crippen LogP) is 3.50. The Kier molecular flexibility index (Phi) is 3.82. The van der Waals surface area contributed by atoms with E-state index in [0.717, 1.165) is 23.0 Å². The van der Waals surface area contributed by atoms with E-state index in [1.54, 1.807) is 18.4 Å². The number of ether oxygens (including phenoxy) is 1. The predicted molar refractivity (Wildman–Crippen MR) is 79.5 cm³/mol. The molecule has 1 aromatic carbocycles. The standard InChI is InChI=1S/C15H20N2OS/c1-10-3-5-12(16-8-10)11-4-6-14-13(7-11)17-15(19-14)9-18-2/h4,6-7,10,12,16H,3,5,8-9H2,1-2H3/t10-,12+/m0/s1. The van der Waals surface area contributed by atoms with Crippen molar-refractivity contribution in [1.29, 1.82) is 0 Å². The molecule has 1 aliphatic heterocycles. The number of rotatable bonds is 3. The molecule has 0 saturated carbocycles. The van der Waals surface area contributed by atoms with Crippen LogP contribution in [-0.4, -0.2) is 18.6 Å². The van der Waals surface area contributed by atoms with Crippen LogP contribution in [0.4, 0.5) is 0 Å². The van der Waals surface area contributed by atoms with Gasteiger partial charge < -0.3 is 10.1 Å². The largest absolute Gasteiger partial charge is 0.378 e. The Morgan fingerprint density at radius 2 is 2.32 bits per heavy atom. The van der Waals surface area contributed by atoms with Crippen molar-refractivity contribution in [3.63, 3.8) is 0 Å². The van der Waals surface area contributed by atoms with Crippen molar-refractivity contribution in [3.8, 4) is 0 Å². The zero-order chi connectivity index (χ0) is 13.2. The lowest BCUT2D eigenvalue weighted by atomic mass is 9.92. The molecule has 0 aliphatic carbocycles. The van der Waals surface area contributed by atoms with Gasteiger partial charge in [0, 0.05) is 13.2 Å². The van der Waals surface area contributed by atoms with E-state index in [9.17, 15) is 0 Å². The molecule has 1 N–H and O–H groups in total. The first kappa shape index (κ1) is 13.0. The van der Waals surface area contributed by atoms with Crippen molar-refractivity contribution in [3.05, 3.63) is 28.8 Å². The highest BCUT2D eigenvalue weighted by Crippen LogP contribution is 2.30. The first-order chi connectivity index (χ1) is 9.26. The zero-order valence-electron chi connectivity index (χ0n) is 11.5. The molecule has 3 rings (SSSR count). The molecule has 2 atom stereocenters. The average molecular weight is 276 g/mol. The van der Waals surface area contributed by atoms with E-state index in [4.69, 9.17) is 4.74 Å². The minimum Gasteiger partial charge on any atom is -0.378 e. The summed E-state index contributed by atoms with van der Waals surface area (Å²) >= 11 is 1.72. The summed E-state index contributed by atoms with van der Waals surface area (Å²) in [7, 11) is 1.71. The normalized spacial score (nSPS) is 23.9. The Bertz CT molecular complexity index is 558. The molecule has 1 aliphatic rings. The highest BCUT2D eigenvalue weighted by molar-refractivity contribution is 7.18.